The highest BCUT2D eigenvalue weighted by atomic mass is 35.5. The zero-order valence-corrected chi connectivity index (χ0v) is 16.7. The highest BCUT2D eigenvalue weighted by Crippen LogP contribution is 2.29. The van der Waals surface area contributed by atoms with Gasteiger partial charge in [0.05, 0.1) is 17.1 Å². The maximum Gasteiger partial charge on any atom is 0.341 e. The number of aromatic nitrogens is 1. The molecule has 0 spiro atoms. The van der Waals surface area contributed by atoms with Gasteiger partial charge in [0.1, 0.15) is 11.4 Å². The van der Waals surface area contributed by atoms with Crippen molar-refractivity contribution in [2.75, 3.05) is 25.6 Å². The minimum atomic E-state index is -1.34. The lowest BCUT2D eigenvalue weighted by atomic mass is 9.99. The maximum absolute atomic E-state index is 14.4. The van der Waals surface area contributed by atoms with E-state index in [4.69, 9.17) is 11.6 Å². The molecule has 2 N–H and O–H groups in total. The van der Waals surface area contributed by atoms with Gasteiger partial charge in [-0.2, -0.15) is 0 Å². The van der Waals surface area contributed by atoms with Crippen LogP contribution in [0, 0.1) is 5.82 Å². The number of pyridine rings is 1. The van der Waals surface area contributed by atoms with Crippen molar-refractivity contribution < 1.29 is 19.4 Å². The SMILES string of the molecule is CN(C)c1cc2c(cc1Cc1cccc(Cl)c1F)c(=O)c(C(=O)O)cn2CCO. The van der Waals surface area contributed by atoms with Gasteiger partial charge in [0.25, 0.3) is 0 Å². The first-order valence-electron chi connectivity index (χ1n) is 8.89. The lowest BCUT2D eigenvalue weighted by molar-refractivity contribution is 0.0694. The highest BCUT2D eigenvalue weighted by molar-refractivity contribution is 6.30. The number of nitrogens with zero attached hydrogens (tertiary/aromatic N) is 2. The molecule has 3 rings (SSSR count). The van der Waals surface area contributed by atoms with Gasteiger partial charge in [0.15, 0.2) is 0 Å². The van der Waals surface area contributed by atoms with E-state index in [0.29, 0.717) is 16.6 Å². The number of hydrogen-bond donors (Lipinski definition) is 2. The minimum absolute atomic E-state index is 0.00755. The molecule has 6 nitrogen and oxygen atoms in total. The number of fused-ring (bicyclic) bond motifs is 1. The number of halogens is 2. The summed E-state index contributed by atoms with van der Waals surface area (Å²) in [5.74, 6) is -1.88. The fourth-order valence-corrected chi connectivity index (χ4v) is 3.56. The molecule has 0 saturated carbocycles. The van der Waals surface area contributed by atoms with Crippen LogP contribution in [0.15, 0.2) is 41.3 Å². The Bertz CT molecular complexity index is 1160. The van der Waals surface area contributed by atoms with Crippen molar-refractivity contribution in [2.45, 2.75) is 13.0 Å². The summed E-state index contributed by atoms with van der Waals surface area (Å²) in [7, 11) is 3.64. The number of carboxylic acids is 1. The van der Waals surface area contributed by atoms with E-state index in [9.17, 15) is 24.2 Å². The second-order valence-electron chi connectivity index (χ2n) is 6.88. The van der Waals surface area contributed by atoms with Crippen molar-refractivity contribution in [2.24, 2.45) is 0 Å². The van der Waals surface area contributed by atoms with Crippen molar-refractivity contribution >= 4 is 34.2 Å². The van der Waals surface area contributed by atoms with Gasteiger partial charge >= 0.3 is 5.97 Å². The molecule has 3 aromatic rings. The van der Waals surface area contributed by atoms with Crippen LogP contribution in [0.3, 0.4) is 0 Å². The average Bonchev–Trinajstić information content (AvgIpc) is 2.67. The molecule has 0 unspecified atom stereocenters. The van der Waals surface area contributed by atoms with Crippen molar-refractivity contribution in [1.82, 2.24) is 4.57 Å². The fraction of sp³-hybridized carbons (Fsp3) is 0.238. The zero-order valence-electron chi connectivity index (χ0n) is 15.9. The number of aromatic carboxylic acids is 1. The summed E-state index contributed by atoms with van der Waals surface area (Å²) in [4.78, 5) is 26.1. The van der Waals surface area contributed by atoms with E-state index in [2.05, 4.69) is 0 Å². The molecule has 1 aromatic heterocycles. The van der Waals surface area contributed by atoms with Crippen molar-refractivity contribution in [3.05, 3.63) is 74.3 Å². The van der Waals surface area contributed by atoms with Gasteiger partial charge in [-0.05, 0) is 29.3 Å². The van der Waals surface area contributed by atoms with E-state index < -0.39 is 17.2 Å². The summed E-state index contributed by atoms with van der Waals surface area (Å²) >= 11 is 5.89. The van der Waals surface area contributed by atoms with E-state index in [-0.39, 0.29) is 35.5 Å². The van der Waals surface area contributed by atoms with Gasteiger partial charge < -0.3 is 19.7 Å². The van der Waals surface area contributed by atoms with Crippen LogP contribution in [0.25, 0.3) is 10.9 Å². The minimum Gasteiger partial charge on any atom is -0.477 e. The Labute approximate surface area is 171 Å². The Morgan fingerprint density at radius 1 is 1.24 bits per heavy atom. The molecule has 0 amide bonds. The maximum atomic E-state index is 14.4. The largest absolute Gasteiger partial charge is 0.477 e. The summed E-state index contributed by atoms with van der Waals surface area (Å²) in [6, 6.07) is 8.06. The first-order valence-corrected chi connectivity index (χ1v) is 9.26. The summed E-state index contributed by atoms with van der Waals surface area (Å²) in [5, 5.41) is 18.9. The molecule has 0 aliphatic heterocycles. The number of aliphatic hydroxyl groups excluding tert-OH is 1. The molecular weight excluding hydrogens is 399 g/mol. The summed E-state index contributed by atoms with van der Waals surface area (Å²) < 4.78 is 16.0. The molecule has 0 aliphatic carbocycles. The molecule has 1 heterocycles. The number of aliphatic hydroxyl groups is 1. The molecule has 152 valence electrons. The molecule has 29 heavy (non-hydrogen) atoms. The first kappa shape index (κ1) is 20.8. The van der Waals surface area contributed by atoms with Gasteiger partial charge in [0, 0.05) is 44.3 Å². The predicted octanol–water partition coefficient (Wildman–Crippen LogP) is 3.14. The lowest BCUT2D eigenvalue weighted by Gasteiger charge is -2.21. The van der Waals surface area contributed by atoms with E-state index in [0.717, 1.165) is 5.69 Å². The van der Waals surface area contributed by atoms with Crippen LogP contribution in [0.5, 0.6) is 0 Å². The van der Waals surface area contributed by atoms with Gasteiger partial charge in [0.2, 0.25) is 5.43 Å². The Hall–Kier alpha value is -2.90. The Morgan fingerprint density at radius 2 is 1.97 bits per heavy atom. The lowest BCUT2D eigenvalue weighted by Crippen LogP contribution is -2.21. The topological polar surface area (TPSA) is 82.8 Å². The molecule has 0 atom stereocenters. The van der Waals surface area contributed by atoms with E-state index >= 15 is 0 Å². The van der Waals surface area contributed by atoms with Crippen LogP contribution in [-0.4, -0.2) is 41.5 Å². The summed E-state index contributed by atoms with van der Waals surface area (Å²) in [5.41, 5.74) is 1.24. The van der Waals surface area contributed by atoms with E-state index in [1.165, 1.54) is 16.8 Å². The van der Waals surface area contributed by atoms with Crippen LogP contribution in [0.1, 0.15) is 21.5 Å². The fourth-order valence-electron chi connectivity index (χ4n) is 3.36. The normalized spacial score (nSPS) is 11.1. The second kappa shape index (κ2) is 8.23. The van der Waals surface area contributed by atoms with Crippen molar-refractivity contribution in [3.63, 3.8) is 0 Å². The van der Waals surface area contributed by atoms with E-state index in [1.807, 2.05) is 19.0 Å². The molecular formula is C21H20ClFN2O4. The zero-order chi connectivity index (χ0) is 21.3. The molecule has 2 aromatic carbocycles. The van der Waals surface area contributed by atoms with Crippen molar-refractivity contribution in [1.29, 1.82) is 0 Å². The smallest absolute Gasteiger partial charge is 0.341 e. The average molecular weight is 419 g/mol. The number of rotatable bonds is 6. The standard InChI is InChI=1S/C21H20ClFN2O4/c1-24(2)17-10-18-14(20(27)15(21(28)29)11-25(18)6-7-26)9-13(17)8-12-4-3-5-16(22)19(12)23/h3-5,9-11,26H,6-8H2,1-2H3,(H,28,29). The third-order valence-electron chi connectivity index (χ3n) is 4.75. The first-order chi connectivity index (χ1) is 13.7. The Morgan fingerprint density at radius 3 is 2.59 bits per heavy atom. The quantitative estimate of drug-likeness (QED) is 0.642. The van der Waals surface area contributed by atoms with Crippen LogP contribution >= 0.6 is 11.6 Å². The second-order valence-corrected chi connectivity index (χ2v) is 7.28. The predicted molar refractivity (Wildman–Crippen MR) is 111 cm³/mol. The van der Waals surface area contributed by atoms with Crippen LogP contribution in [-0.2, 0) is 13.0 Å². The molecule has 0 radical (unpaired) electrons. The van der Waals surface area contributed by atoms with Gasteiger partial charge in [-0.3, -0.25) is 4.79 Å². The van der Waals surface area contributed by atoms with Crippen LogP contribution < -0.4 is 10.3 Å². The van der Waals surface area contributed by atoms with Gasteiger partial charge in [-0.1, -0.05) is 23.7 Å². The van der Waals surface area contributed by atoms with E-state index in [1.54, 1.807) is 24.3 Å². The van der Waals surface area contributed by atoms with Crippen molar-refractivity contribution in [3.8, 4) is 0 Å². The molecule has 8 heteroatoms. The molecule has 0 fully saturated rings. The number of carbonyl (C=O) groups is 1. The Balaban J connectivity index is 2.31. The third kappa shape index (κ3) is 3.97. The molecule has 0 bridgehead atoms. The molecule has 0 aliphatic rings. The summed E-state index contributed by atoms with van der Waals surface area (Å²) in [6.07, 6.45) is 1.41. The van der Waals surface area contributed by atoms with Gasteiger partial charge in [-0.25, -0.2) is 9.18 Å². The highest BCUT2D eigenvalue weighted by Gasteiger charge is 2.18. The number of benzene rings is 2. The monoisotopic (exact) mass is 418 g/mol. The number of anilines is 1. The Kier molecular flexibility index (Phi) is 5.91. The summed E-state index contributed by atoms with van der Waals surface area (Å²) in [6.45, 7) is -0.0873. The van der Waals surface area contributed by atoms with Crippen LogP contribution in [0.2, 0.25) is 5.02 Å². The molecule has 0 saturated heterocycles. The van der Waals surface area contributed by atoms with Crippen LogP contribution in [0.4, 0.5) is 10.1 Å². The third-order valence-corrected chi connectivity index (χ3v) is 5.04. The number of carboxylic acid groups (broad SMARTS) is 1. The number of hydrogen-bond acceptors (Lipinski definition) is 4. The van der Waals surface area contributed by atoms with Gasteiger partial charge in [-0.15, -0.1) is 0 Å².